The third-order valence-corrected chi connectivity index (χ3v) is 3.99. The van der Waals surface area contributed by atoms with Crippen molar-refractivity contribution in [1.29, 1.82) is 5.26 Å². The molecule has 0 spiro atoms. The Morgan fingerprint density at radius 3 is 2.65 bits per heavy atom. The quantitative estimate of drug-likeness (QED) is 0.839. The molecule has 1 aromatic heterocycles. The van der Waals surface area contributed by atoms with Gasteiger partial charge in [0.2, 0.25) is 0 Å². The summed E-state index contributed by atoms with van der Waals surface area (Å²) in [4.78, 5) is 4.62. The molecule has 0 saturated heterocycles. The molecule has 4 heteroatoms. The number of fused-ring (bicyclic) bond motifs is 1. The van der Waals surface area contributed by atoms with Crippen LogP contribution in [0.25, 0.3) is 0 Å². The van der Waals surface area contributed by atoms with Gasteiger partial charge in [0.1, 0.15) is 11.2 Å². The largest absolute Gasteiger partial charge is 0.242 e. The van der Waals surface area contributed by atoms with Gasteiger partial charge in [-0.1, -0.05) is 37.3 Å². The van der Waals surface area contributed by atoms with Crippen LogP contribution in [-0.4, -0.2) is 14.8 Å². The minimum atomic E-state index is -0.641. The molecule has 20 heavy (non-hydrogen) atoms. The molecular weight excluding hydrogens is 248 g/mol. The lowest BCUT2D eigenvalue weighted by Gasteiger charge is -2.14. The van der Waals surface area contributed by atoms with Crippen LogP contribution < -0.4 is 0 Å². The van der Waals surface area contributed by atoms with Crippen molar-refractivity contribution < 1.29 is 0 Å². The van der Waals surface area contributed by atoms with Gasteiger partial charge in [-0.15, -0.1) is 0 Å². The number of benzene rings is 1. The minimum Gasteiger partial charge on any atom is -0.242 e. The van der Waals surface area contributed by atoms with Gasteiger partial charge in [0, 0.05) is 5.92 Å². The summed E-state index contributed by atoms with van der Waals surface area (Å²) in [5.41, 5.74) is 0.613. The van der Waals surface area contributed by atoms with Crippen LogP contribution in [0, 0.1) is 11.3 Å². The third-order valence-electron chi connectivity index (χ3n) is 3.99. The van der Waals surface area contributed by atoms with Crippen LogP contribution in [0.5, 0.6) is 0 Å². The minimum absolute atomic E-state index is 0.233. The van der Waals surface area contributed by atoms with Crippen molar-refractivity contribution >= 4 is 0 Å². The molecule has 2 unspecified atom stereocenters. The Labute approximate surface area is 119 Å². The second-order valence-corrected chi connectivity index (χ2v) is 6.04. The second kappa shape index (κ2) is 4.45. The molecule has 0 amide bonds. The van der Waals surface area contributed by atoms with Crippen molar-refractivity contribution in [3.05, 3.63) is 47.5 Å². The number of nitrogens with zero attached hydrogens (tertiary/aromatic N) is 4. The highest BCUT2D eigenvalue weighted by Gasteiger charge is 2.35. The summed E-state index contributed by atoms with van der Waals surface area (Å²) in [6, 6.07) is 12.9. The molecule has 0 bridgehead atoms. The van der Waals surface area contributed by atoms with Gasteiger partial charge in [-0.25, -0.2) is 9.67 Å². The fourth-order valence-electron chi connectivity index (χ4n) is 2.71. The summed E-state index contributed by atoms with van der Waals surface area (Å²) in [7, 11) is 0. The zero-order valence-corrected chi connectivity index (χ0v) is 12.0. The maximum absolute atomic E-state index is 9.25. The first-order valence-corrected chi connectivity index (χ1v) is 6.96. The number of rotatable bonds is 2. The van der Waals surface area contributed by atoms with Crippen molar-refractivity contribution in [2.75, 3.05) is 0 Å². The van der Waals surface area contributed by atoms with Crippen molar-refractivity contribution in [2.45, 2.75) is 44.6 Å². The molecule has 0 radical (unpaired) electrons. The highest BCUT2D eigenvalue weighted by molar-refractivity contribution is 5.26. The lowest BCUT2D eigenvalue weighted by atomic mass is 9.95. The molecule has 2 aromatic rings. The zero-order chi connectivity index (χ0) is 14.3. The van der Waals surface area contributed by atoms with E-state index in [9.17, 15) is 5.26 Å². The van der Waals surface area contributed by atoms with Gasteiger partial charge in [0.25, 0.3) is 0 Å². The summed E-state index contributed by atoms with van der Waals surface area (Å²) >= 11 is 0. The number of nitriles is 1. The van der Waals surface area contributed by atoms with E-state index in [1.165, 1.54) is 5.56 Å². The van der Waals surface area contributed by atoms with Crippen LogP contribution in [0.3, 0.4) is 0 Å². The first-order chi connectivity index (χ1) is 9.53. The fourth-order valence-corrected chi connectivity index (χ4v) is 2.71. The lowest BCUT2D eigenvalue weighted by Crippen LogP contribution is -2.18. The van der Waals surface area contributed by atoms with Crippen LogP contribution in [-0.2, 0) is 5.41 Å². The maximum Gasteiger partial charge on any atom is 0.170 e. The van der Waals surface area contributed by atoms with Crippen LogP contribution in [0.15, 0.2) is 30.3 Å². The van der Waals surface area contributed by atoms with Crippen molar-refractivity contribution in [3.63, 3.8) is 0 Å². The molecule has 2 heterocycles. The molecular formula is C16H18N4. The molecule has 0 fully saturated rings. The third kappa shape index (κ3) is 1.90. The molecule has 102 valence electrons. The molecule has 4 nitrogen and oxygen atoms in total. The molecule has 0 saturated carbocycles. The summed E-state index contributed by atoms with van der Waals surface area (Å²) in [6.07, 6.45) is 1.02. The summed E-state index contributed by atoms with van der Waals surface area (Å²) in [5.74, 6) is 2.00. The van der Waals surface area contributed by atoms with Gasteiger partial charge in [-0.2, -0.15) is 10.4 Å². The Bertz CT molecular complexity index is 664. The number of hydrogen-bond acceptors (Lipinski definition) is 3. The second-order valence-electron chi connectivity index (χ2n) is 6.04. The van der Waals surface area contributed by atoms with Crippen LogP contribution in [0.4, 0.5) is 0 Å². The molecule has 0 N–H and O–H groups in total. The van der Waals surface area contributed by atoms with E-state index in [1.54, 1.807) is 0 Å². The standard InChI is InChI=1S/C16H18N4/c1-11-9-13(12-7-5-4-6-8-12)20-14(11)18-15(19-20)16(2,3)10-17/h4-8,11,13H,9H2,1-3H3. The first-order valence-electron chi connectivity index (χ1n) is 6.96. The summed E-state index contributed by atoms with van der Waals surface area (Å²) < 4.78 is 2.01. The Kier molecular flexibility index (Phi) is 2.86. The SMILES string of the molecule is CC1CC(c2ccccc2)n2nc(C(C)(C)C#N)nc21. The average molecular weight is 266 g/mol. The molecule has 0 aliphatic carbocycles. The first kappa shape index (κ1) is 12.9. The van der Waals surface area contributed by atoms with Gasteiger partial charge >= 0.3 is 0 Å². The van der Waals surface area contributed by atoms with E-state index >= 15 is 0 Å². The van der Waals surface area contributed by atoms with Crippen molar-refractivity contribution in [3.8, 4) is 6.07 Å². The Balaban J connectivity index is 2.05. The zero-order valence-electron chi connectivity index (χ0n) is 12.0. The van der Waals surface area contributed by atoms with E-state index in [4.69, 9.17) is 0 Å². The van der Waals surface area contributed by atoms with E-state index < -0.39 is 5.41 Å². The van der Waals surface area contributed by atoms with E-state index in [1.807, 2.05) is 24.6 Å². The number of aromatic nitrogens is 3. The van der Waals surface area contributed by atoms with Gasteiger partial charge in [-0.05, 0) is 25.8 Å². The topological polar surface area (TPSA) is 54.5 Å². The van der Waals surface area contributed by atoms with Crippen LogP contribution in [0.2, 0.25) is 0 Å². The molecule has 2 atom stereocenters. The summed E-state index contributed by atoms with van der Waals surface area (Å²) in [5, 5.41) is 13.9. The van der Waals surface area contributed by atoms with Crippen molar-refractivity contribution in [1.82, 2.24) is 14.8 Å². The molecule has 1 aromatic carbocycles. The highest BCUT2D eigenvalue weighted by Crippen LogP contribution is 2.39. The van der Waals surface area contributed by atoms with Gasteiger partial charge in [0.15, 0.2) is 5.82 Å². The average Bonchev–Trinajstić information content (AvgIpc) is 3.01. The van der Waals surface area contributed by atoms with Crippen molar-refractivity contribution in [2.24, 2.45) is 0 Å². The fraction of sp³-hybridized carbons (Fsp3) is 0.438. The normalized spacial score (nSPS) is 21.5. The van der Waals surface area contributed by atoms with Crippen LogP contribution >= 0.6 is 0 Å². The smallest absolute Gasteiger partial charge is 0.170 e. The predicted molar refractivity (Wildman–Crippen MR) is 76.3 cm³/mol. The number of hydrogen-bond donors (Lipinski definition) is 0. The summed E-state index contributed by atoms with van der Waals surface area (Å²) in [6.45, 7) is 5.90. The molecule has 3 rings (SSSR count). The van der Waals surface area contributed by atoms with E-state index in [0.29, 0.717) is 11.7 Å². The Morgan fingerprint density at radius 2 is 2.00 bits per heavy atom. The van der Waals surface area contributed by atoms with E-state index in [-0.39, 0.29) is 6.04 Å². The maximum atomic E-state index is 9.25. The Morgan fingerprint density at radius 1 is 1.30 bits per heavy atom. The lowest BCUT2D eigenvalue weighted by molar-refractivity contribution is 0.518. The van der Waals surface area contributed by atoms with Gasteiger partial charge in [0.05, 0.1) is 12.1 Å². The molecule has 1 aliphatic rings. The van der Waals surface area contributed by atoms with E-state index in [2.05, 4.69) is 47.3 Å². The monoisotopic (exact) mass is 266 g/mol. The van der Waals surface area contributed by atoms with Gasteiger partial charge in [-0.3, -0.25) is 0 Å². The van der Waals surface area contributed by atoms with E-state index in [0.717, 1.165) is 12.2 Å². The Hall–Kier alpha value is -2.15. The van der Waals surface area contributed by atoms with Crippen LogP contribution in [0.1, 0.15) is 56.4 Å². The highest BCUT2D eigenvalue weighted by atomic mass is 15.4. The predicted octanol–water partition coefficient (Wildman–Crippen LogP) is 3.18. The molecule has 1 aliphatic heterocycles. The van der Waals surface area contributed by atoms with Gasteiger partial charge < -0.3 is 0 Å².